The van der Waals surface area contributed by atoms with Gasteiger partial charge in [-0.25, -0.2) is 0 Å². The van der Waals surface area contributed by atoms with Crippen molar-refractivity contribution >= 4 is 0 Å². The Labute approximate surface area is 126 Å². The van der Waals surface area contributed by atoms with Gasteiger partial charge in [-0.3, -0.25) is 0 Å². The molecule has 0 heterocycles. The molecule has 110 valence electrons. The van der Waals surface area contributed by atoms with E-state index in [4.69, 9.17) is 0 Å². The van der Waals surface area contributed by atoms with Crippen molar-refractivity contribution in [2.75, 3.05) is 0 Å². The van der Waals surface area contributed by atoms with Crippen LogP contribution >= 0.6 is 0 Å². The summed E-state index contributed by atoms with van der Waals surface area (Å²) < 4.78 is 0. The lowest BCUT2D eigenvalue weighted by molar-refractivity contribution is 0.410. The van der Waals surface area contributed by atoms with Gasteiger partial charge in [-0.05, 0) is 61.9 Å². The smallest absolute Gasteiger partial charge is 0.115 e. The third-order valence-corrected chi connectivity index (χ3v) is 4.44. The van der Waals surface area contributed by atoms with E-state index < -0.39 is 0 Å². The number of hydrogen-bond acceptors (Lipinski definition) is 2. The van der Waals surface area contributed by atoms with E-state index in [0.717, 1.165) is 12.8 Å². The molecule has 1 aliphatic rings. The Morgan fingerprint density at radius 2 is 2.05 bits per heavy atom. The molecule has 0 aliphatic heterocycles. The molecule has 2 aromatic carbocycles. The highest BCUT2D eigenvalue weighted by atomic mass is 16.3. The number of aromatic hydroxyl groups is 1. The summed E-state index contributed by atoms with van der Waals surface area (Å²) in [6, 6.07) is 15.1. The van der Waals surface area contributed by atoms with Crippen LogP contribution in [-0.2, 0) is 6.42 Å². The van der Waals surface area contributed by atoms with Gasteiger partial charge in [0.05, 0.1) is 0 Å². The maximum atomic E-state index is 9.77. The summed E-state index contributed by atoms with van der Waals surface area (Å²) in [5.41, 5.74) is 5.25. The van der Waals surface area contributed by atoms with Crippen molar-refractivity contribution in [3.63, 3.8) is 0 Å². The second kappa shape index (κ2) is 5.90. The van der Waals surface area contributed by atoms with Crippen LogP contribution in [0.2, 0.25) is 0 Å². The van der Waals surface area contributed by atoms with Crippen molar-refractivity contribution in [2.24, 2.45) is 0 Å². The van der Waals surface area contributed by atoms with Crippen molar-refractivity contribution in [3.8, 4) is 5.75 Å². The van der Waals surface area contributed by atoms with E-state index in [1.54, 1.807) is 6.07 Å². The van der Waals surface area contributed by atoms with Gasteiger partial charge in [0.1, 0.15) is 5.75 Å². The number of nitrogens with one attached hydrogen (secondary N) is 1. The van der Waals surface area contributed by atoms with Gasteiger partial charge >= 0.3 is 0 Å². The van der Waals surface area contributed by atoms with Crippen LogP contribution in [0.5, 0.6) is 5.75 Å². The van der Waals surface area contributed by atoms with Crippen LogP contribution in [0.25, 0.3) is 0 Å². The molecule has 21 heavy (non-hydrogen) atoms. The molecule has 2 heteroatoms. The number of phenolic OH excluding ortho intramolecular Hbond substituents is 1. The van der Waals surface area contributed by atoms with E-state index in [1.165, 1.54) is 28.7 Å². The fraction of sp³-hybridized carbons (Fsp3) is 0.368. The lowest BCUT2D eigenvalue weighted by Crippen LogP contribution is -2.27. The zero-order valence-electron chi connectivity index (χ0n) is 12.8. The van der Waals surface area contributed by atoms with Crippen LogP contribution in [0.3, 0.4) is 0 Å². The zero-order valence-corrected chi connectivity index (χ0v) is 12.8. The molecule has 0 radical (unpaired) electrons. The lowest BCUT2D eigenvalue weighted by atomic mass is 9.87. The van der Waals surface area contributed by atoms with E-state index in [-0.39, 0.29) is 0 Å². The van der Waals surface area contributed by atoms with Crippen LogP contribution in [0.15, 0.2) is 42.5 Å². The first kappa shape index (κ1) is 14.2. The average molecular weight is 281 g/mol. The first-order valence-electron chi connectivity index (χ1n) is 7.78. The summed E-state index contributed by atoms with van der Waals surface area (Å²) in [6.07, 6.45) is 3.45. The number of benzene rings is 2. The molecule has 2 N–H and O–H groups in total. The third-order valence-electron chi connectivity index (χ3n) is 4.44. The fourth-order valence-electron chi connectivity index (χ4n) is 3.30. The summed E-state index contributed by atoms with van der Waals surface area (Å²) in [5.74, 6) is 0.366. The minimum absolute atomic E-state index is 0.309. The SMILES string of the molecule is Cc1cccc([C@H](C)NC2CCCc3ccc(O)cc32)c1. The molecule has 1 unspecified atom stereocenters. The second-order valence-corrected chi connectivity index (χ2v) is 6.13. The molecule has 0 amide bonds. The molecule has 0 fully saturated rings. The molecule has 3 rings (SSSR count). The molecule has 0 bridgehead atoms. The topological polar surface area (TPSA) is 32.3 Å². The molecule has 0 spiro atoms. The van der Waals surface area contributed by atoms with E-state index in [1.807, 2.05) is 6.07 Å². The van der Waals surface area contributed by atoms with E-state index in [9.17, 15) is 5.11 Å². The number of fused-ring (bicyclic) bond motifs is 1. The van der Waals surface area contributed by atoms with E-state index >= 15 is 0 Å². The quantitative estimate of drug-likeness (QED) is 0.872. The minimum Gasteiger partial charge on any atom is -0.508 e. The minimum atomic E-state index is 0.309. The Morgan fingerprint density at radius 1 is 1.19 bits per heavy atom. The van der Waals surface area contributed by atoms with Crippen LogP contribution in [-0.4, -0.2) is 5.11 Å². The summed E-state index contributed by atoms with van der Waals surface area (Å²) in [7, 11) is 0. The number of hydrogen-bond donors (Lipinski definition) is 2. The normalized spacial score (nSPS) is 19.0. The van der Waals surface area contributed by atoms with Gasteiger partial charge in [-0.1, -0.05) is 35.9 Å². The predicted octanol–water partition coefficient (Wildman–Crippen LogP) is 4.43. The van der Waals surface area contributed by atoms with Crippen molar-refractivity contribution in [1.29, 1.82) is 0 Å². The lowest BCUT2D eigenvalue weighted by Gasteiger charge is -2.29. The van der Waals surface area contributed by atoms with Crippen molar-refractivity contribution in [3.05, 3.63) is 64.7 Å². The Balaban J connectivity index is 1.81. The monoisotopic (exact) mass is 281 g/mol. The molecular formula is C19H23NO. The van der Waals surface area contributed by atoms with Crippen LogP contribution in [0, 0.1) is 6.92 Å². The van der Waals surface area contributed by atoms with E-state index in [0.29, 0.717) is 17.8 Å². The largest absolute Gasteiger partial charge is 0.508 e. The van der Waals surface area contributed by atoms with Gasteiger partial charge in [-0.2, -0.15) is 0 Å². The van der Waals surface area contributed by atoms with Gasteiger partial charge in [0.25, 0.3) is 0 Å². The van der Waals surface area contributed by atoms with Crippen LogP contribution in [0.4, 0.5) is 0 Å². The highest BCUT2D eigenvalue weighted by Gasteiger charge is 2.22. The third kappa shape index (κ3) is 3.11. The molecule has 0 saturated carbocycles. The molecular weight excluding hydrogens is 258 g/mol. The highest BCUT2D eigenvalue weighted by molar-refractivity contribution is 5.39. The first-order chi connectivity index (χ1) is 10.1. The number of rotatable bonds is 3. The van der Waals surface area contributed by atoms with Gasteiger partial charge in [0, 0.05) is 12.1 Å². The number of aryl methyl sites for hydroxylation is 2. The van der Waals surface area contributed by atoms with E-state index in [2.05, 4.69) is 49.5 Å². The summed E-state index contributed by atoms with van der Waals surface area (Å²) in [6.45, 7) is 4.34. The molecule has 0 saturated heterocycles. The van der Waals surface area contributed by atoms with Gasteiger partial charge in [-0.15, -0.1) is 0 Å². The van der Waals surface area contributed by atoms with Gasteiger partial charge in [0.15, 0.2) is 0 Å². The molecule has 1 aliphatic carbocycles. The van der Waals surface area contributed by atoms with Gasteiger partial charge in [0.2, 0.25) is 0 Å². The predicted molar refractivity (Wildman–Crippen MR) is 86.5 cm³/mol. The summed E-state index contributed by atoms with van der Waals surface area (Å²) in [4.78, 5) is 0. The molecule has 2 aromatic rings. The zero-order chi connectivity index (χ0) is 14.8. The Morgan fingerprint density at radius 3 is 2.86 bits per heavy atom. The Hall–Kier alpha value is -1.80. The van der Waals surface area contributed by atoms with Crippen molar-refractivity contribution in [2.45, 2.75) is 45.2 Å². The fourth-order valence-corrected chi connectivity index (χ4v) is 3.30. The number of phenols is 1. The summed E-state index contributed by atoms with van der Waals surface area (Å²) >= 11 is 0. The standard InChI is InChI=1S/C19H23NO/c1-13-5-3-7-16(11-13)14(2)20-19-8-4-6-15-9-10-17(21)12-18(15)19/h3,5,7,9-12,14,19-21H,4,6,8H2,1-2H3/t14-,19?/m0/s1. The second-order valence-electron chi connectivity index (χ2n) is 6.13. The Bertz CT molecular complexity index is 635. The van der Waals surface area contributed by atoms with Crippen LogP contribution < -0.4 is 5.32 Å². The van der Waals surface area contributed by atoms with Crippen LogP contribution in [0.1, 0.15) is 54.1 Å². The molecule has 2 atom stereocenters. The Kier molecular flexibility index (Phi) is 3.98. The van der Waals surface area contributed by atoms with Gasteiger partial charge < -0.3 is 10.4 Å². The average Bonchev–Trinajstić information content (AvgIpc) is 2.48. The maximum Gasteiger partial charge on any atom is 0.115 e. The maximum absolute atomic E-state index is 9.77. The molecule has 0 aromatic heterocycles. The highest BCUT2D eigenvalue weighted by Crippen LogP contribution is 2.33. The molecule has 2 nitrogen and oxygen atoms in total. The first-order valence-corrected chi connectivity index (χ1v) is 7.78. The van der Waals surface area contributed by atoms with Crippen molar-refractivity contribution < 1.29 is 5.11 Å². The van der Waals surface area contributed by atoms with Crippen molar-refractivity contribution in [1.82, 2.24) is 5.32 Å². The summed E-state index contributed by atoms with van der Waals surface area (Å²) in [5, 5.41) is 13.5.